The summed E-state index contributed by atoms with van der Waals surface area (Å²) in [6, 6.07) is 15.0. The molecule has 0 saturated carbocycles. The van der Waals surface area contributed by atoms with E-state index < -0.39 is 44.5 Å². The lowest BCUT2D eigenvalue weighted by molar-refractivity contribution is -0.138. The van der Waals surface area contributed by atoms with Gasteiger partial charge in [0.25, 0.3) is 5.91 Å². The Labute approximate surface area is 270 Å². The van der Waals surface area contributed by atoms with Crippen LogP contribution in [0.1, 0.15) is 16.8 Å². The molecule has 5 aromatic rings. The van der Waals surface area contributed by atoms with E-state index in [1.807, 2.05) is 4.68 Å². The second-order valence-corrected chi connectivity index (χ2v) is 13.9. The summed E-state index contributed by atoms with van der Waals surface area (Å²) in [6.07, 6.45) is 5.79. The molecule has 0 aliphatic heterocycles. The number of imidazole rings is 1. The Kier molecular flexibility index (Phi) is 10.00. The van der Waals surface area contributed by atoms with Gasteiger partial charge in [0.1, 0.15) is 6.04 Å². The van der Waals surface area contributed by atoms with Gasteiger partial charge in [-0.25, -0.2) is 26.5 Å². The number of carboxylic acids is 1. The topological polar surface area (TPSA) is 217 Å². The predicted molar refractivity (Wildman–Crippen MR) is 174 cm³/mol. The van der Waals surface area contributed by atoms with Gasteiger partial charge in [-0.05, 0) is 67.1 Å². The fourth-order valence-electron chi connectivity index (χ4n) is 4.71. The number of carbonyl (C=O) groups is 2. The third kappa shape index (κ3) is 8.01. The molecule has 6 N–H and O–H groups in total. The quantitative estimate of drug-likeness (QED) is 0.0884. The maximum atomic E-state index is 13.0. The Bertz CT molecular complexity index is 2080. The molecule has 0 aliphatic rings. The van der Waals surface area contributed by atoms with Crippen LogP contribution in [0.25, 0.3) is 22.0 Å². The van der Waals surface area contributed by atoms with E-state index in [0.29, 0.717) is 30.2 Å². The molecule has 47 heavy (non-hydrogen) atoms. The fourth-order valence-corrected chi connectivity index (χ4v) is 6.63. The number of amides is 1. The maximum absolute atomic E-state index is 13.0. The Balaban J connectivity index is 1.18. The summed E-state index contributed by atoms with van der Waals surface area (Å²) in [5.41, 5.74) is 2.34. The van der Waals surface area contributed by atoms with Gasteiger partial charge in [0, 0.05) is 43.0 Å². The summed E-state index contributed by atoms with van der Waals surface area (Å²) >= 11 is 0. The van der Waals surface area contributed by atoms with Crippen LogP contribution in [0, 0.1) is 0 Å². The monoisotopic (exact) mass is 680 g/mol. The molecular formula is C30H32N8O7S2. The van der Waals surface area contributed by atoms with Gasteiger partial charge >= 0.3 is 5.97 Å². The predicted octanol–water partition coefficient (Wildman–Crippen LogP) is 2.00. The summed E-state index contributed by atoms with van der Waals surface area (Å²) in [7, 11) is -6.58. The minimum Gasteiger partial charge on any atom is -0.480 e. The number of H-pyrrole nitrogens is 1. The lowest BCUT2D eigenvalue weighted by atomic mass is 10.1. The lowest BCUT2D eigenvalue weighted by Gasteiger charge is -2.16. The van der Waals surface area contributed by atoms with Crippen LogP contribution in [-0.4, -0.2) is 79.7 Å². The lowest BCUT2D eigenvalue weighted by Crippen LogP contribution is -2.48. The molecule has 0 unspecified atom stereocenters. The number of hydrogen-bond acceptors (Lipinski definition) is 9. The first-order valence-electron chi connectivity index (χ1n) is 14.3. The van der Waals surface area contributed by atoms with E-state index in [0.717, 1.165) is 17.3 Å². The van der Waals surface area contributed by atoms with Gasteiger partial charge in [0.05, 0.1) is 21.5 Å². The van der Waals surface area contributed by atoms with E-state index in [4.69, 9.17) is 0 Å². The summed E-state index contributed by atoms with van der Waals surface area (Å²) < 4.78 is 56.1. The molecule has 2 heterocycles. The number of anilines is 1. The highest BCUT2D eigenvalue weighted by atomic mass is 32.2. The standard InChI is InChI=1S/C30H32N8O7S2/c1-31-46(42,43)24-8-3-20(4-9-24)21-5-10-25(11-6-21)47(44,45)37-26(29(40)41)19-35-28(39)22-7-12-27-23(17-22)18-36-38(27)16-2-13-32-30-33-14-15-34-30/h3-12,14-15,17-18,26,31,37H,2,13,16,19H2,1H3,(H,35,39)(H,40,41)(H2,32,33,34)/t26-/m0/s1. The van der Waals surface area contributed by atoms with Crippen LogP contribution in [0.2, 0.25) is 0 Å². The number of nitrogens with one attached hydrogen (secondary N) is 5. The second-order valence-electron chi connectivity index (χ2n) is 10.3. The highest BCUT2D eigenvalue weighted by molar-refractivity contribution is 7.89. The van der Waals surface area contributed by atoms with Crippen molar-refractivity contribution in [3.63, 3.8) is 0 Å². The molecule has 2 aromatic heterocycles. The van der Waals surface area contributed by atoms with Crippen LogP contribution >= 0.6 is 0 Å². The van der Waals surface area contributed by atoms with E-state index in [1.165, 1.54) is 43.4 Å². The van der Waals surface area contributed by atoms with Crippen molar-refractivity contribution in [2.45, 2.75) is 28.8 Å². The fraction of sp³-hybridized carbons (Fsp3) is 0.200. The first-order chi connectivity index (χ1) is 22.5. The summed E-state index contributed by atoms with van der Waals surface area (Å²) in [5, 5.41) is 20.5. The summed E-state index contributed by atoms with van der Waals surface area (Å²) in [5.74, 6) is -1.37. The Morgan fingerprint density at radius 1 is 0.936 bits per heavy atom. The number of rotatable bonds is 15. The molecule has 0 aliphatic carbocycles. The van der Waals surface area contributed by atoms with Gasteiger partial charge < -0.3 is 20.7 Å². The highest BCUT2D eigenvalue weighted by Crippen LogP contribution is 2.23. The largest absolute Gasteiger partial charge is 0.480 e. The molecular weight excluding hydrogens is 649 g/mol. The zero-order valence-corrected chi connectivity index (χ0v) is 26.7. The Hall–Kier alpha value is -5.10. The van der Waals surface area contributed by atoms with E-state index in [2.05, 4.69) is 35.1 Å². The number of hydrogen-bond donors (Lipinski definition) is 6. The molecule has 0 bridgehead atoms. The molecule has 0 saturated heterocycles. The maximum Gasteiger partial charge on any atom is 0.323 e. The molecule has 246 valence electrons. The molecule has 0 fully saturated rings. The number of carboxylic acid groups (broad SMARTS) is 1. The van der Waals surface area contributed by atoms with Crippen molar-refractivity contribution in [2.75, 3.05) is 25.5 Å². The smallest absolute Gasteiger partial charge is 0.323 e. The van der Waals surface area contributed by atoms with Gasteiger partial charge in [-0.1, -0.05) is 24.3 Å². The number of aryl methyl sites for hydroxylation is 1. The average molecular weight is 681 g/mol. The van der Waals surface area contributed by atoms with Crippen molar-refractivity contribution in [3.8, 4) is 11.1 Å². The zero-order chi connectivity index (χ0) is 33.6. The van der Waals surface area contributed by atoms with E-state index in [1.54, 1.807) is 48.9 Å². The second kappa shape index (κ2) is 14.1. The molecule has 17 heteroatoms. The number of carbonyl (C=O) groups excluding carboxylic acids is 1. The van der Waals surface area contributed by atoms with Crippen molar-refractivity contribution in [1.29, 1.82) is 0 Å². The minimum absolute atomic E-state index is 0.0807. The normalized spacial score (nSPS) is 12.5. The van der Waals surface area contributed by atoms with Crippen LogP contribution in [0.5, 0.6) is 0 Å². The van der Waals surface area contributed by atoms with Crippen LogP contribution in [0.4, 0.5) is 5.95 Å². The Morgan fingerprint density at radius 2 is 1.60 bits per heavy atom. The number of nitrogens with zero attached hydrogens (tertiary/aromatic N) is 3. The van der Waals surface area contributed by atoms with E-state index in [9.17, 15) is 31.5 Å². The van der Waals surface area contributed by atoms with Crippen LogP contribution in [-0.2, 0) is 31.4 Å². The average Bonchev–Trinajstić information content (AvgIpc) is 3.74. The molecule has 15 nitrogen and oxygen atoms in total. The number of benzene rings is 3. The zero-order valence-electron chi connectivity index (χ0n) is 25.0. The summed E-state index contributed by atoms with van der Waals surface area (Å²) in [4.78, 5) is 31.8. The molecule has 1 atom stereocenters. The van der Waals surface area contributed by atoms with Gasteiger partial charge in [-0.2, -0.15) is 9.82 Å². The summed E-state index contributed by atoms with van der Waals surface area (Å²) in [6.45, 7) is 0.798. The van der Waals surface area contributed by atoms with E-state index in [-0.39, 0.29) is 15.4 Å². The van der Waals surface area contributed by atoms with Crippen LogP contribution in [0.3, 0.4) is 0 Å². The third-order valence-corrected chi connectivity index (χ3v) is 10.2. The van der Waals surface area contributed by atoms with Gasteiger partial charge in [0.15, 0.2) is 5.95 Å². The molecule has 3 aromatic carbocycles. The van der Waals surface area contributed by atoms with Crippen molar-refractivity contribution in [3.05, 3.63) is 90.9 Å². The Morgan fingerprint density at radius 3 is 2.19 bits per heavy atom. The van der Waals surface area contributed by atoms with Crippen molar-refractivity contribution >= 4 is 48.8 Å². The van der Waals surface area contributed by atoms with Crippen LogP contribution < -0.4 is 20.1 Å². The van der Waals surface area contributed by atoms with Gasteiger partial charge in [0.2, 0.25) is 20.0 Å². The number of sulfonamides is 2. The van der Waals surface area contributed by atoms with Gasteiger partial charge in [-0.3, -0.25) is 14.3 Å². The first kappa shape index (κ1) is 33.3. The number of aromatic amines is 1. The number of fused-ring (bicyclic) bond motifs is 1. The van der Waals surface area contributed by atoms with E-state index >= 15 is 0 Å². The van der Waals surface area contributed by atoms with Crippen molar-refractivity contribution in [1.82, 2.24) is 34.5 Å². The number of aromatic nitrogens is 4. The van der Waals surface area contributed by atoms with Crippen molar-refractivity contribution in [2.24, 2.45) is 0 Å². The van der Waals surface area contributed by atoms with Crippen molar-refractivity contribution < 1.29 is 31.5 Å². The minimum atomic E-state index is -4.28. The molecule has 0 radical (unpaired) electrons. The number of aliphatic carboxylic acids is 1. The highest BCUT2D eigenvalue weighted by Gasteiger charge is 2.26. The van der Waals surface area contributed by atoms with Gasteiger partial charge in [-0.15, -0.1) is 0 Å². The SMILES string of the molecule is CNS(=O)(=O)c1ccc(-c2ccc(S(=O)(=O)N[C@@H](CNC(=O)c3ccc4c(cnn4CCCNc4ncc[nH]4)c3)C(=O)O)cc2)cc1. The molecule has 0 spiro atoms. The molecule has 5 rings (SSSR count). The third-order valence-electron chi connectivity index (χ3n) is 7.23. The molecule has 1 amide bonds. The van der Waals surface area contributed by atoms with Crippen LogP contribution in [0.15, 0.2) is 95.1 Å². The first-order valence-corrected chi connectivity index (χ1v) is 17.3.